The number of likely N-dealkylation sites (tertiary alicyclic amines) is 1. The Morgan fingerprint density at radius 3 is 2.48 bits per heavy atom. The number of likely N-dealkylation sites (N-methyl/N-ethyl adjacent to an activating group) is 1. The van der Waals surface area contributed by atoms with Gasteiger partial charge in [-0.3, -0.25) is 0 Å². The molecule has 1 saturated heterocycles. The number of quaternary nitrogens is 1. The van der Waals surface area contributed by atoms with Crippen LogP contribution >= 0.6 is 0 Å². The lowest BCUT2D eigenvalue weighted by Gasteiger charge is -2.33. The highest BCUT2D eigenvalue weighted by Gasteiger charge is 2.49. The summed E-state index contributed by atoms with van der Waals surface area (Å²) in [4.78, 5) is 24.8. The molecule has 0 spiro atoms. The second kappa shape index (κ2) is 7.98. The van der Waals surface area contributed by atoms with E-state index in [2.05, 4.69) is 0 Å². The maximum absolute atomic E-state index is 13.1. The third-order valence-electron chi connectivity index (χ3n) is 6.12. The van der Waals surface area contributed by atoms with Crippen molar-refractivity contribution < 1.29 is 28.7 Å². The van der Waals surface area contributed by atoms with Crippen LogP contribution in [0.1, 0.15) is 37.7 Å². The highest BCUT2D eigenvalue weighted by Crippen LogP contribution is 2.42. The minimum absolute atomic E-state index is 0.121. The van der Waals surface area contributed by atoms with Gasteiger partial charge in [0.15, 0.2) is 18.2 Å². The molecule has 0 bridgehead atoms. The summed E-state index contributed by atoms with van der Waals surface area (Å²) in [6.45, 7) is 1.55. The van der Waals surface area contributed by atoms with E-state index >= 15 is 0 Å². The van der Waals surface area contributed by atoms with Crippen LogP contribution in [-0.2, 0) is 24.7 Å². The van der Waals surface area contributed by atoms with Crippen LogP contribution in [0.3, 0.4) is 0 Å². The molecule has 0 radical (unpaired) electrons. The summed E-state index contributed by atoms with van der Waals surface area (Å²) in [5, 5.41) is 11.5. The van der Waals surface area contributed by atoms with E-state index in [-0.39, 0.29) is 24.5 Å². The fourth-order valence-corrected chi connectivity index (χ4v) is 4.54. The zero-order chi connectivity index (χ0) is 19.5. The Morgan fingerprint density at radius 1 is 1.19 bits per heavy atom. The second-order valence-corrected chi connectivity index (χ2v) is 8.19. The van der Waals surface area contributed by atoms with Gasteiger partial charge < -0.3 is 19.1 Å². The Morgan fingerprint density at radius 2 is 1.85 bits per heavy atom. The van der Waals surface area contributed by atoms with Gasteiger partial charge in [-0.25, -0.2) is 9.59 Å². The van der Waals surface area contributed by atoms with Crippen molar-refractivity contribution >= 4 is 11.9 Å². The molecule has 148 valence electrons. The Balaban J connectivity index is 1.73. The minimum Gasteiger partial charge on any atom is -0.465 e. The number of rotatable bonds is 6. The number of carbonyl (C=O) groups excluding carboxylic acids is 2. The number of hydrogen-bond acceptors (Lipinski definition) is 5. The molecule has 27 heavy (non-hydrogen) atoms. The van der Waals surface area contributed by atoms with Gasteiger partial charge in [-0.15, -0.1) is 0 Å². The summed E-state index contributed by atoms with van der Waals surface area (Å²) in [7, 11) is 3.34. The van der Waals surface area contributed by atoms with E-state index in [0.29, 0.717) is 23.0 Å². The van der Waals surface area contributed by atoms with Crippen molar-refractivity contribution in [3.63, 3.8) is 0 Å². The third-order valence-corrected chi connectivity index (χ3v) is 6.12. The molecule has 1 aliphatic carbocycles. The van der Waals surface area contributed by atoms with Crippen LogP contribution in [0.25, 0.3) is 0 Å². The molecule has 6 heteroatoms. The maximum Gasteiger partial charge on any atom is 0.361 e. The standard InChI is InChI=1S/C21H30NO5/c1-22(15-19(23)26-2)13-12-18(14-22)27-20(24)21(25,17-10-6-7-11-17)16-8-4-3-5-9-16/h3-5,8-9,17-18,25H,6-7,10-15H2,1-2H3/q+1/t18-,21?,22?/m0/s1. The van der Waals surface area contributed by atoms with Crippen molar-refractivity contribution in [2.75, 3.05) is 33.8 Å². The van der Waals surface area contributed by atoms with Crippen molar-refractivity contribution in [2.45, 2.75) is 43.8 Å². The fourth-order valence-electron chi connectivity index (χ4n) is 4.54. The van der Waals surface area contributed by atoms with Crippen molar-refractivity contribution in [1.29, 1.82) is 0 Å². The predicted molar refractivity (Wildman–Crippen MR) is 99.6 cm³/mol. The van der Waals surface area contributed by atoms with Gasteiger partial charge in [0.1, 0.15) is 6.54 Å². The SMILES string of the molecule is COC(=O)C[N+]1(C)CC[C@H](OC(=O)C(O)(c2ccccc2)C2CCCC2)C1. The normalized spacial score (nSPS) is 27.9. The molecule has 1 aliphatic heterocycles. The summed E-state index contributed by atoms with van der Waals surface area (Å²) >= 11 is 0. The van der Waals surface area contributed by atoms with Crippen molar-refractivity contribution in [2.24, 2.45) is 5.92 Å². The van der Waals surface area contributed by atoms with E-state index in [9.17, 15) is 14.7 Å². The molecule has 2 unspecified atom stereocenters. The van der Waals surface area contributed by atoms with Crippen molar-refractivity contribution in [3.05, 3.63) is 35.9 Å². The molecular formula is C21H30NO5+. The average Bonchev–Trinajstić information content (AvgIpc) is 3.32. The van der Waals surface area contributed by atoms with Gasteiger partial charge in [0.05, 0.1) is 20.7 Å². The highest BCUT2D eigenvalue weighted by molar-refractivity contribution is 5.81. The van der Waals surface area contributed by atoms with E-state index < -0.39 is 11.6 Å². The van der Waals surface area contributed by atoms with Gasteiger partial charge in [-0.1, -0.05) is 43.2 Å². The molecular weight excluding hydrogens is 346 g/mol. The minimum atomic E-state index is -1.61. The number of carbonyl (C=O) groups is 2. The summed E-state index contributed by atoms with van der Waals surface area (Å²) in [6.07, 6.45) is 4.05. The van der Waals surface area contributed by atoms with Crippen LogP contribution < -0.4 is 0 Å². The summed E-state index contributed by atoms with van der Waals surface area (Å²) < 4.78 is 11.1. The molecule has 1 aromatic carbocycles. The van der Waals surface area contributed by atoms with Crippen LogP contribution in [0.15, 0.2) is 30.3 Å². The number of nitrogens with zero attached hydrogens (tertiary/aromatic N) is 1. The second-order valence-electron chi connectivity index (χ2n) is 8.19. The molecule has 1 aromatic rings. The van der Waals surface area contributed by atoms with E-state index in [4.69, 9.17) is 9.47 Å². The number of benzene rings is 1. The Labute approximate surface area is 160 Å². The summed E-state index contributed by atoms with van der Waals surface area (Å²) in [6, 6.07) is 9.14. The van der Waals surface area contributed by atoms with Gasteiger partial charge in [0, 0.05) is 12.3 Å². The monoisotopic (exact) mass is 376 g/mol. The maximum atomic E-state index is 13.1. The average molecular weight is 376 g/mol. The predicted octanol–water partition coefficient (Wildman–Crippen LogP) is 2.00. The van der Waals surface area contributed by atoms with E-state index in [1.807, 2.05) is 25.2 Å². The first kappa shape index (κ1) is 19.8. The number of methoxy groups -OCH3 is 1. The van der Waals surface area contributed by atoms with Gasteiger partial charge in [0.25, 0.3) is 0 Å². The van der Waals surface area contributed by atoms with Gasteiger partial charge in [-0.2, -0.15) is 0 Å². The molecule has 0 amide bonds. The topological polar surface area (TPSA) is 72.8 Å². The van der Waals surface area contributed by atoms with Crippen molar-refractivity contribution in [1.82, 2.24) is 0 Å². The zero-order valence-electron chi connectivity index (χ0n) is 16.2. The van der Waals surface area contributed by atoms with Crippen LogP contribution in [0.5, 0.6) is 0 Å². The van der Waals surface area contributed by atoms with Crippen molar-refractivity contribution in [3.8, 4) is 0 Å². The molecule has 1 saturated carbocycles. The van der Waals surface area contributed by atoms with E-state index in [0.717, 1.165) is 32.2 Å². The first-order valence-electron chi connectivity index (χ1n) is 9.77. The first-order valence-corrected chi connectivity index (χ1v) is 9.77. The lowest BCUT2D eigenvalue weighted by molar-refractivity contribution is -0.891. The molecule has 2 aliphatic rings. The Bertz CT molecular complexity index is 672. The number of esters is 2. The first-order chi connectivity index (χ1) is 12.9. The van der Waals surface area contributed by atoms with Gasteiger partial charge in [-0.05, 0) is 18.4 Å². The molecule has 1 heterocycles. The Kier molecular flexibility index (Phi) is 5.86. The number of hydrogen-bond donors (Lipinski definition) is 1. The molecule has 6 nitrogen and oxygen atoms in total. The molecule has 2 fully saturated rings. The molecule has 1 N–H and O–H groups in total. The molecule has 3 rings (SSSR count). The van der Waals surface area contributed by atoms with Crippen LogP contribution in [0, 0.1) is 5.92 Å². The summed E-state index contributed by atoms with van der Waals surface area (Å²) in [5.41, 5.74) is -1.00. The number of ether oxygens (including phenoxy) is 2. The highest BCUT2D eigenvalue weighted by atomic mass is 16.6. The largest absolute Gasteiger partial charge is 0.465 e. The smallest absolute Gasteiger partial charge is 0.361 e. The van der Waals surface area contributed by atoms with E-state index in [1.54, 1.807) is 12.1 Å². The van der Waals surface area contributed by atoms with Crippen LogP contribution in [-0.4, -0.2) is 61.4 Å². The fraction of sp³-hybridized carbons (Fsp3) is 0.619. The van der Waals surface area contributed by atoms with Crippen LogP contribution in [0.2, 0.25) is 0 Å². The van der Waals surface area contributed by atoms with Gasteiger partial charge in [0.2, 0.25) is 0 Å². The molecule has 0 aromatic heterocycles. The van der Waals surface area contributed by atoms with E-state index in [1.165, 1.54) is 7.11 Å². The lowest BCUT2D eigenvalue weighted by atomic mass is 9.80. The summed E-state index contributed by atoms with van der Waals surface area (Å²) in [5.74, 6) is -0.946. The Hall–Kier alpha value is -1.92. The van der Waals surface area contributed by atoms with Gasteiger partial charge >= 0.3 is 11.9 Å². The number of aliphatic hydroxyl groups is 1. The van der Waals surface area contributed by atoms with Crippen LogP contribution in [0.4, 0.5) is 0 Å². The third kappa shape index (κ3) is 4.17. The lowest BCUT2D eigenvalue weighted by Crippen LogP contribution is -2.48. The molecule has 3 atom stereocenters. The zero-order valence-corrected chi connectivity index (χ0v) is 16.2. The quantitative estimate of drug-likeness (QED) is 0.607.